The monoisotopic (exact) mass is 290 g/mol. The minimum absolute atomic E-state index is 0.687. The van der Waals surface area contributed by atoms with Crippen LogP contribution in [0.5, 0.6) is 0 Å². The lowest BCUT2D eigenvalue weighted by molar-refractivity contribution is 0.0486. The third-order valence-corrected chi connectivity index (χ3v) is 4.90. The molecular weight excluding hydrogens is 264 g/mol. The van der Waals surface area contributed by atoms with Crippen LogP contribution < -0.4 is 0 Å². The van der Waals surface area contributed by atoms with Crippen molar-refractivity contribution < 1.29 is 0 Å². The average molecular weight is 291 g/mol. The first-order valence-corrected chi connectivity index (χ1v) is 7.58. The maximum absolute atomic E-state index is 3.65. The molecule has 1 heterocycles. The second-order valence-electron chi connectivity index (χ2n) is 5.74. The normalized spacial score (nSPS) is 30.9. The molecular formula is C13H27BrN2. The molecule has 0 radical (unpaired) electrons. The molecule has 0 amide bonds. The predicted octanol–water partition coefficient (Wildman–Crippen LogP) is 2.68. The summed E-state index contributed by atoms with van der Waals surface area (Å²) in [5.41, 5.74) is 0. The molecule has 1 saturated heterocycles. The first-order valence-electron chi connectivity index (χ1n) is 6.46. The van der Waals surface area contributed by atoms with Crippen molar-refractivity contribution >= 4 is 15.9 Å². The maximum Gasteiger partial charge on any atom is 0.0195 e. The third kappa shape index (κ3) is 3.71. The Morgan fingerprint density at radius 1 is 1.19 bits per heavy atom. The molecule has 0 bridgehead atoms. The summed E-state index contributed by atoms with van der Waals surface area (Å²) in [6.45, 7) is 13.0. The van der Waals surface area contributed by atoms with Gasteiger partial charge in [0.05, 0.1) is 0 Å². The van der Waals surface area contributed by atoms with Gasteiger partial charge < -0.3 is 0 Å². The lowest BCUT2D eigenvalue weighted by atomic mass is 9.96. The number of hydrogen-bond acceptors (Lipinski definition) is 2. The van der Waals surface area contributed by atoms with Crippen molar-refractivity contribution in [2.24, 2.45) is 11.8 Å². The summed E-state index contributed by atoms with van der Waals surface area (Å²) in [6, 6.07) is 1.37. The molecule has 1 aliphatic rings. The number of hydrogen-bond donors (Lipinski definition) is 0. The van der Waals surface area contributed by atoms with Crippen molar-refractivity contribution in [3.63, 3.8) is 0 Å². The molecule has 0 aromatic rings. The number of alkyl halides is 1. The van der Waals surface area contributed by atoms with Crippen LogP contribution in [0.2, 0.25) is 0 Å². The van der Waals surface area contributed by atoms with Crippen LogP contribution in [0, 0.1) is 11.8 Å². The molecule has 0 spiro atoms. The molecule has 3 heteroatoms. The van der Waals surface area contributed by atoms with E-state index in [0.717, 1.165) is 17.2 Å². The molecule has 16 heavy (non-hydrogen) atoms. The van der Waals surface area contributed by atoms with Gasteiger partial charge in [0.1, 0.15) is 0 Å². The Bertz CT molecular complexity index is 196. The minimum atomic E-state index is 0.687. The van der Waals surface area contributed by atoms with Gasteiger partial charge in [0.25, 0.3) is 0 Å². The van der Waals surface area contributed by atoms with E-state index in [0.29, 0.717) is 12.1 Å². The number of nitrogens with zero attached hydrogens (tertiary/aromatic N) is 2. The van der Waals surface area contributed by atoms with E-state index in [4.69, 9.17) is 0 Å². The Morgan fingerprint density at radius 2 is 1.69 bits per heavy atom. The van der Waals surface area contributed by atoms with Crippen LogP contribution >= 0.6 is 15.9 Å². The van der Waals surface area contributed by atoms with Crippen LogP contribution in [0.15, 0.2) is 0 Å². The Hall–Kier alpha value is 0.400. The second kappa shape index (κ2) is 6.36. The average Bonchev–Trinajstić information content (AvgIpc) is 2.21. The molecule has 0 N–H and O–H groups in total. The van der Waals surface area contributed by atoms with Gasteiger partial charge in [-0.25, -0.2) is 0 Å². The summed E-state index contributed by atoms with van der Waals surface area (Å²) in [6.07, 6.45) is 0. The van der Waals surface area contributed by atoms with E-state index in [-0.39, 0.29) is 0 Å². The van der Waals surface area contributed by atoms with Gasteiger partial charge in [0, 0.05) is 37.0 Å². The highest BCUT2D eigenvalue weighted by molar-refractivity contribution is 9.09. The van der Waals surface area contributed by atoms with E-state index in [1.54, 1.807) is 0 Å². The van der Waals surface area contributed by atoms with Crippen LogP contribution in [0.1, 0.15) is 27.7 Å². The topological polar surface area (TPSA) is 6.48 Å². The van der Waals surface area contributed by atoms with Crippen LogP contribution in [0.3, 0.4) is 0 Å². The first kappa shape index (κ1) is 14.5. The standard InChI is InChI=1S/C13H27BrN2/c1-10(2)13(6-14)9-16-7-11(3)15(5)12(4)8-16/h10-13H,6-9H2,1-5H3. The fourth-order valence-electron chi connectivity index (χ4n) is 2.43. The van der Waals surface area contributed by atoms with Crippen molar-refractivity contribution in [1.82, 2.24) is 9.80 Å². The predicted molar refractivity (Wildman–Crippen MR) is 75.2 cm³/mol. The van der Waals surface area contributed by atoms with Crippen molar-refractivity contribution in [3.8, 4) is 0 Å². The van der Waals surface area contributed by atoms with Gasteiger partial charge in [-0.3, -0.25) is 9.80 Å². The fraction of sp³-hybridized carbons (Fsp3) is 1.00. The molecule has 96 valence electrons. The first-order chi connectivity index (χ1) is 7.45. The number of halogens is 1. The molecule has 0 saturated carbocycles. The highest BCUT2D eigenvalue weighted by Gasteiger charge is 2.28. The van der Waals surface area contributed by atoms with Gasteiger partial charge in [-0.05, 0) is 32.7 Å². The lowest BCUT2D eigenvalue weighted by Crippen LogP contribution is -2.56. The Labute approximate surface area is 109 Å². The number of piperazine rings is 1. The van der Waals surface area contributed by atoms with E-state index < -0.39 is 0 Å². The zero-order chi connectivity index (χ0) is 12.3. The molecule has 0 aliphatic carbocycles. The quantitative estimate of drug-likeness (QED) is 0.735. The lowest BCUT2D eigenvalue weighted by Gasteiger charge is -2.43. The van der Waals surface area contributed by atoms with E-state index >= 15 is 0 Å². The largest absolute Gasteiger partial charge is 0.300 e. The Morgan fingerprint density at radius 3 is 2.06 bits per heavy atom. The molecule has 1 aliphatic heterocycles. The Kier molecular flexibility index (Phi) is 5.75. The third-order valence-electron chi connectivity index (χ3n) is 4.07. The van der Waals surface area contributed by atoms with Gasteiger partial charge in [-0.15, -0.1) is 0 Å². The van der Waals surface area contributed by atoms with Crippen molar-refractivity contribution in [1.29, 1.82) is 0 Å². The van der Waals surface area contributed by atoms with Gasteiger partial charge >= 0.3 is 0 Å². The summed E-state index contributed by atoms with van der Waals surface area (Å²) >= 11 is 3.65. The zero-order valence-corrected chi connectivity index (χ0v) is 13.0. The van der Waals surface area contributed by atoms with Crippen molar-refractivity contribution in [3.05, 3.63) is 0 Å². The van der Waals surface area contributed by atoms with Crippen LogP contribution in [0.4, 0.5) is 0 Å². The molecule has 1 rings (SSSR count). The van der Waals surface area contributed by atoms with Crippen molar-refractivity contribution in [2.75, 3.05) is 32.0 Å². The van der Waals surface area contributed by atoms with Crippen LogP contribution in [0.25, 0.3) is 0 Å². The van der Waals surface area contributed by atoms with Crippen LogP contribution in [-0.2, 0) is 0 Å². The second-order valence-corrected chi connectivity index (χ2v) is 6.39. The molecule has 0 aromatic carbocycles. The highest BCUT2D eigenvalue weighted by Crippen LogP contribution is 2.19. The Balaban J connectivity index is 2.49. The van der Waals surface area contributed by atoms with E-state index in [9.17, 15) is 0 Å². The van der Waals surface area contributed by atoms with Crippen molar-refractivity contribution in [2.45, 2.75) is 39.8 Å². The van der Waals surface area contributed by atoms with Gasteiger partial charge in [-0.1, -0.05) is 29.8 Å². The summed E-state index contributed by atoms with van der Waals surface area (Å²) < 4.78 is 0. The SMILES string of the molecule is CC(C)C(CBr)CN1CC(C)N(C)C(C)C1. The van der Waals surface area contributed by atoms with E-state index in [1.807, 2.05) is 0 Å². The van der Waals surface area contributed by atoms with E-state index in [1.165, 1.54) is 19.6 Å². The van der Waals surface area contributed by atoms with Gasteiger partial charge in [0.2, 0.25) is 0 Å². The van der Waals surface area contributed by atoms with E-state index in [2.05, 4.69) is 60.5 Å². The zero-order valence-electron chi connectivity index (χ0n) is 11.4. The molecule has 3 unspecified atom stereocenters. The summed E-state index contributed by atoms with van der Waals surface area (Å²) in [7, 11) is 2.25. The molecule has 2 nitrogen and oxygen atoms in total. The van der Waals surface area contributed by atoms with Gasteiger partial charge in [0.15, 0.2) is 0 Å². The minimum Gasteiger partial charge on any atom is -0.300 e. The molecule has 0 aromatic heterocycles. The molecule has 3 atom stereocenters. The highest BCUT2D eigenvalue weighted by atomic mass is 79.9. The van der Waals surface area contributed by atoms with Crippen LogP contribution in [-0.4, -0.2) is 53.9 Å². The molecule has 1 fully saturated rings. The summed E-state index contributed by atoms with van der Waals surface area (Å²) in [5.74, 6) is 1.55. The summed E-state index contributed by atoms with van der Waals surface area (Å²) in [4.78, 5) is 5.14. The number of likely N-dealkylation sites (N-methyl/N-ethyl adjacent to an activating group) is 1. The smallest absolute Gasteiger partial charge is 0.0195 e. The van der Waals surface area contributed by atoms with Gasteiger partial charge in [-0.2, -0.15) is 0 Å². The summed E-state index contributed by atoms with van der Waals surface area (Å²) in [5, 5.41) is 1.12. The number of rotatable bonds is 4. The fourth-order valence-corrected chi connectivity index (χ4v) is 3.38. The maximum atomic E-state index is 3.65.